The van der Waals surface area contributed by atoms with Gasteiger partial charge in [-0.1, -0.05) is 46.1 Å². The van der Waals surface area contributed by atoms with Gasteiger partial charge < -0.3 is 4.90 Å². The van der Waals surface area contributed by atoms with E-state index in [0.717, 1.165) is 36.2 Å². The Labute approximate surface area is 217 Å². The van der Waals surface area contributed by atoms with E-state index >= 15 is 0 Å². The van der Waals surface area contributed by atoms with Gasteiger partial charge in [0, 0.05) is 47.8 Å². The molecule has 0 radical (unpaired) electrons. The van der Waals surface area contributed by atoms with Gasteiger partial charge in [0.05, 0.1) is 39.4 Å². The van der Waals surface area contributed by atoms with Gasteiger partial charge in [0.25, 0.3) is 5.56 Å². The average Bonchev–Trinajstić information content (AvgIpc) is 2.80. The second-order valence-electron chi connectivity index (χ2n) is 8.46. The summed E-state index contributed by atoms with van der Waals surface area (Å²) >= 11 is 16.5. The van der Waals surface area contributed by atoms with E-state index in [1.54, 1.807) is 19.1 Å². The molecular formula is C23H25BrCl2N4O3S. The number of rotatable bonds is 6. The van der Waals surface area contributed by atoms with Gasteiger partial charge in [-0.15, -0.1) is 0 Å². The zero-order valence-electron chi connectivity index (χ0n) is 18.9. The highest BCUT2D eigenvalue weighted by molar-refractivity contribution is 9.10. The van der Waals surface area contributed by atoms with Crippen LogP contribution < -0.4 is 5.56 Å². The highest BCUT2D eigenvalue weighted by Crippen LogP contribution is 2.32. The van der Waals surface area contributed by atoms with Crippen molar-refractivity contribution in [3.63, 3.8) is 0 Å². The first-order valence-corrected chi connectivity index (χ1v) is 14.1. The first-order chi connectivity index (χ1) is 16.1. The smallest absolute Gasteiger partial charge is 0.261 e. The highest BCUT2D eigenvalue weighted by Gasteiger charge is 2.21. The number of halogens is 3. The van der Waals surface area contributed by atoms with Crippen molar-refractivity contribution in [2.45, 2.75) is 24.9 Å². The number of hydrogen-bond acceptors (Lipinski definition) is 6. The third-order valence-corrected chi connectivity index (χ3v) is 9.34. The Morgan fingerprint density at radius 3 is 2.47 bits per heavy atom. The van der Waals surface area contributed by atoms with Crippen LogP contribution in [0.2, 0.25) is 10.0 Å². The van der Waals surface area contributed by atoms with Crippen LogP contribution >= 0.6 is 39.1 Å². The van der Waals surface area contributed by atoms with Crippen LogP contribution in [-0.2, 0) is 22.9 Å². The number of aromatic nitrogens is 2. The maximum atomic E-state index is 13.3. The second-order valence-corrected chi connectivity index (χ2v) is 12.4. The van der Waals surface area contributed by atoms with E-state index in [1.807, 2.05) is 0 Å². The summed E-state index contributed by atoms with van der Waals surface area (Å²) in [6.07, 6.45) is 1.41. The average molecular weight is 588 g/mol. The van der Waals surface area contributed by atoms with Crippen LogP contribution in [-0.4, -0.2) is 66.7 Å². The SMILES string of the molecule is CCS(=O)(=O)c1ccc(Cl)cc1Cn1cnc2c(Cl)c(CN3CCN(C)CC3)c(Br)cc2c1=O. The minimum absolute atomic E-state index is 0.0230. The van der Waals surface area contributed by atoms with Crippen molar-refractivity contribution < 1.29 is 8.42 Å². The molecule has 4 rings (SSSR count). The minimum atomic E-state index is -3.49. The zero-order valence-corrected chi connectivity index (χ0v) is 22.8. The molecule has 1 aliphatic rings. The molecule has 2 heterocycles. The molecule has 11 heteroatoms. The summed E-state index contributed by atoms with van der Waals surface area (Å²) in [7, 11) is -1.38. The molecule has 0 aliphatic carbocycles. The van der Waals surface area contributed by atoms with Crippen LogP contribution in [0.5, 0.6) is 0 Å². The first kappa shape index (κ1) is 25.6. The van der Waals surface area contributed by atoms with E-state index < -0.39 is 9.84 Å². The van der Waals surface area contributed by atoms with Crippen molar-refractivity contribution in [3.05, 3.63) is 66.6 Å². The van der Waals surface area contributed by atoms with Crippen LogP contribution in [0.15, 0.2) is 44.8 Å². The largest absolute Gasteiger partial charge is 0.304 e. The molecule has 182 valence electrons. The zero-order chi connectivity index (χ0) is 24.6. The molecule has 0 unspecified atom stereocenters. The van der Waals surface area contributed by atoms with Gasteiger partial charge in [0.2, 0.25) is 0 Å². The number of fused-ring (bicyclic) bond motifs is 1. The van der Waals surface area contributed by atoms with Crippen LogP contribution in [0.4, 0.5) is 0 Å². The van der Waals surface area contributed by atoms with Crippen molar-refractivity contribution in [2.75, 3.05) is 39.0 Å². The molecule has 0 atom stereocenters. The third-order valence-electron chi connectivity index (χ3n) is 6.16. The summed E-state index contributed by atoms with van der Waals surface area (Å²) < 4.78 is 27.2. The van der Waals surface area contributed by atoms with Crippen molar-refractivity contribution in [3.8, 4) is 0 Å². The quantitative estimate of drug-likeness (QED) is 0.433. The molecule has 0 N–H and O–H groups in total. The van der Waals surface area contributed by atoms with Gasteiger partial charge in [0.15, 0.2) is 9.84 Å². The molecule has 1 fully saturated rings. The molecule has 0 spiro atoms. The molecule has 1 aliphatic heterocycles. The number of nitrogens with zero attached hydrogens (tertiary/aromatic N) is 4. The van der Waals surface area contributed by atoms with E-state index in [1.165, 1.54) is 23.0 Å². The molecule has 1 saturated heterocycles. The van der Waals surface area contributed by atoms with E-state index in [4.69, 9.17) is 23.2 Å². The summed E-state index contributed by atoms with van der Waals surface area (Å²) in [4.78, 5) is 22.6. The van der Waals surface area contributed by atoms with E-state index in [-0.39, 0.29) is 22.8 Å². The molecule has 2 aromatic carbocycles. The van der Waals surface area contributed by atoms with Crippen molar-refractivity contribution >= 4 is 59.9 Å². The molecule has 1 aromatic heterocycles. The number of likely N-dealkylation sites (N-methyl/N-ethyl adjacent to an activating group) is 1. The summed E-state index contributed by atoms with van der Waals surface area (Å²) in [6, 6.07) is 6.34. The maximum absolute atomic E-state index is 13.3. The fourth-order valence-corrected chi connectivity index (χ4v) is 6.36. The molecule has 34 heavy (non-hydrogen) atoms. The Morgan fingerprint density at radius 1 is 1.09 bits per heavy atom. The molecule has 0 amide bonds. The fraction of sp³-hybridized carbons (Fsp3) is 0.391. The van der Waals surface area contributed by atoms with Crippen LogP contribution in [0.1, 0.15) is 18.1 Å². The van der Waals surface area contributed by atoms with Gasteiger partial charge in [-0.25, -0.2) is 13.4 Å². The van der Waals surface area contributed by atoms with E-state index in [9.17, 15) is 13.2 Å². The lowest BCUT2D eigenvalue weighted by atomic mass is 10.1. The number of hydrogen-bond donors (Lipinski definition) is 0. The third kappa shape index (κ3) is 5.20. The first-order valence-electron chi connectivity index (χ1n) is 10.9. The van der Waals surface area contributed by atoms with Crippen molar-refractivity contribution in [1.82, 2.24) is 19.4 Å². The Hall–Kier alpha value is -1.49. The summed E-state index contributed by atoms with van der Waals surface area (Å²) in [5.41, 5.74) is 1.46. The molecule has 3 aromatic rings. The normalized spacial score (nSPS) is 15.8. The highest BCUT2D eigenvalue weighted by atomic mass is 79.9. The Morgan fingerprint density at radius 2 is 1.79 bits per heavy atom. The standard InChI is InChI=1S/C23H25BrCl2N4O3S/c1-3-34(32,33)20-5-4-16(25)10-15(20)12-30-14-27-22-17(23(30)31)11-19(24)18(21(22)26)13-29-8-6-28(2)7-9-29/h4-5,10-11,14H,3,6-9,12-13H2,1-2H3. The van der Waals surface area contributed by atoms with Gasteiger partial charge in [0.1, 0.15) is 0 Å². The van der Waals surface area contributed by atoms with Gasteiger partial charge in [-0.3, -0.25) is 14.3 Å². The lowest BCUT2D eigenvalue weighted by molar-refractivity contribution is 0.148. The number of benzene rings is 2. The second kappa shape index (κ2) is 10.2. The summed E-state index contributed by atoms with van der Waals surface area (Å²) in [6.45, 7) is 6.13. The Balaban J connectivity index is 1.72. The van der Waals surface area contributed by atoms with E-state index in [2.05, 4.69) is 37.8 Å². The lowest BCUT2D eigenvalue weighted by Crippen LogP contribution is -2.44. The molecule has 0 bridgehead atoms. The number of piperazine rings is 1. The predicted octanol–water partition coefficient (Wildman–Crippen LogP) is 4.06. The monoisotopic (exact) mass is 586 g/mol. The summed E-state index contributed by atoms with van der Waals surface area (Å²) in [5.74, 6) is -0.0505. The van der Waals surface area contributed by atoms with Gasteiger partial charge in [-0.05, 0) is 36.9 Å². The predicted molar refractivity (Wildman–Crippen MR) is 140 cm³/mol. The van der Waals surface area contributed by atoms with Crippen LogP contribution in [0.25, 0.3) is 10.9 Å². The number of sulfone groups is 1. The van der Waals surface area contributed by atoms with Crippen molar-refractivity contribution in [2.24, 2.45) is 0 Å². The van der Waals surface area contributed by atoms with Crippen molar-refractivity contribution in [1.29, 1.82) is 0 Å². The van der Waals surface area contributed by atoms with Crippen LogP contribution in [0.3, 0.4) is 0 Å². The lowest BCUT2D eigenvalue weighted by Gasteiger charge is -2.32. The topological polar surface area (TPSA) is 75.5 Å². The van der Waals surface area contributed by atoms with Gasteiger partial charge >= 0.3 is 0 Å². The van der Waals surface area contributed by atoms with E-state index in [0.29, 0.717) is 33.1 Å². The molecular weight excluding hydrogens is 563 g/mol. The Bertz CT molecular complexity index is 1400. The molecule has 0 saturated carbocycles. The molecule has 7 nitrogen and oxygen atoms in total. The minimum Gasteiger partial charge on any atom is -0.304 e. The maximum Gasteiger partial charge on any atom is 0.261 e. The van der Waals surface area contributed by atoms with Gasteiger partial charge in [-0.2, -0.15) is 0 Å². The van der Waals surface area contributed by atoms with Crippen LogP contribution in [0, 0.1) is 0 Å². The Kier molecular flexibility index (Phi) is 7.71. The summed E-state index contributed by atoms with van der Waals surface area (Å²) in [5, 5.41) is 1.21. The fourth-order valence-electron chi connectivity index (χ4n) is 4.07.